The van der Waals surface area contributed by atoms with Gasteiger partial charge in [0.2, 0.25) is 0 Å². The molecule has 2 fully saturated rings. The van der Waals surface area contributed by atoms with Gasteiger partial charge in [0.1, 0.15) is 6.61 Å². The van der Waals surface area contributed by atoms with Gasteiger partial charge in [-0.2, -0.15) is 0 Å². The number of carbonyl (C=O) groups is 1. The molecule has 2 rings (SSSR count). The molecule has 5 heteroatoms. The smallest absolute Gasteiger partial charge is 0.309 e. The summed E-state index contributed by atoms with van der Waals surface area (Å²) in [5.41, 5.74) is 0. The van der Waals surface area contributed by atoms with Crippen LogP contribution >= 0.6 is 0 Å². The fourth-order valence-electron chi connectivity index (χ4n) is 2.46. The van der Waals surface area contributed by atoms with Crippen molar-refractivity contribution in [2.75, 3.05) is 59.6 Å². The minimum absolute atomic E-state index is 0.00337. The van der Waals surface area contributed by atoms with E-state index in [4.69, 9.17) is 9.47 Å². The van der Waals surface area contributed by atoms with Gasteiger partial charge in [-0.05, 0) is 33.0 Å². The van der Waals surface area contributed by atoms with E-state index in [1.807, 2.05) is 0 Å². The maximum atomic E-state index is 11.9. The molecule has 2 aliphatic heterocycles. The van der Waals surface area contributed by atoms with Crippen molar-refractivity contribution in [1.82, 2.24) is 9.80 Å². The van der Waals surface area contributed by atoms with Gasteiger partial charge in [0, 0.05) is 19.6 Å². The summed E-state index contributed by atoms with van der Waals surface area (Å²) in [5, 5.41) is 0. The molecule has 0 aromatic carbocycles. The summed E-state index contributed by atoms with van der Waals surface area (Å²) in [6, 6.07) is 0. The van der Waals surface area contributed by atoms with Crippen LogP contribution < -0.4 is 0 Å². The fourth-order valence-corrected chi connectivity index (χ4v) is 2.46. The number of rotatable bonds is 4. The second-order valence-corrected chi connectivity index (χ2v) is 5.20. The average Bonchev–Trinajstić information content (AvgIpc) is 2.40. The van der Waals surface area contributed by atoms with Crippen LogP contribution in [0.3, 0.4) is 0 Å². The first kappa shape index (κ1) is 13.8. The molecular weight excluding hydrogens is 232 g/mol. The van der Waals surface area contributed by atoms with E-state index in [-0.39, 0.29) is 11.9 Å². The number of hydrogen-bond acceptors (Lipinski definition) is 5. The lowest BCUT2D eigenvalue weighted by Crippen LogP contribution is -2.39. The van der Waals surface area contributed by atoms with Gasteiger partial charge in [-0.15, -0.1) is 0 Å². The van der Waals surface area contributed by atoms with Gasteiger partial charge in [-0.3, -0.25) is 9.69 Å². The molecule has 0 amide bonds. The van der Waals surface area contributed by atoms with Crippen LogP contribution in [0.2, 0.25) is 0 Å². The third-order valence-electron chi connectivity index (χ3n) is 3.81. The zero-order valence-electron chi connectivity index (χ0n) is 11.3. The normalized spacial score (nSPS) is 24.1. The molecule has 0 aliphatic carbocycles. The number of carbonyl (C=O) groups excluding carboxylic acids is 1. The van der Waals surface area contributed by atoms with E-state index in [0.717, 1.165) is 58.8 Å². The van der Waals surface area contributed by atoms with Crippen molar-refractivity contribution in [3.05, 3.63) is 0 Å². The molecule has 2 aliphatic rings. The Morgan fingerprint density at radius 1 is 1.22 bits per heavy atom. The number of hydrogen-bond donors (Lipinski definition) is 0. The first-order valence-electron chi connectivity index (χ1n) is 6.91. The van der Waals surface area contributed by atoms with Gasteiger partial charge in [-0.25, -0.2) is 0 Å². The maximum Gasteiger partial charge on any atom is 0.309 e. The topological polar surface area (TPSA) is 42.0 Å². The standard InChI is InChI=1S/C13H24N2O3/c1-14-4-2-12(3-5-14)13(16)18-11-8-15-6-9-17-10-7-15/h12H,2-11H2,1H3. The van der Waals surface area contributed by atoms with Crippen LogP contribution in [0.25, 0.3) is 0 Å². The highest BCUT2D eigenvalue weighted by molar-refractivity contribution is 5.72. The van der Waals surface area contributed by atoms with E-state index in [2.05, 4.69) is 16.8 Å². The molecule has 2 heterocycles. The third-order valence-corrected chi connectivity index (χ3v) is 3.81. The summed E-state index contributed by atoms with van der Waals surface area (Å²) < 4.78 is 10.7. The SMILES string of the molecule is CN1CCC(C(=O)OCCN2CCOCC2)CC1. The number of ether oxygens (including phenoxy) is 2. The molecular formula is C13H24N2O3. The minimum Gasteiger partial charge on any atom is -0.464 e. The number of nitrogens with zero attached hydrogens (tertiary/aromatic N) is 2. The molecule has 0 spiro atoms. The van der Waals surface area contributed by atoms with Crippen molar-refractivity contribution in [3.8, 4) is 0 Å². The van der Waals surface area contributed by atoms with Gasteiger partial charge < -0.3 is 14.4 Å². The lowest BCUT2D eigenvalue weighted by Gasteiger charge is -2.28. The van der Waals surface area contributed by atoms with E-state index in [0.29, 0.717) is 6.61 Å². The summed E-state index contributed by atoms with van der Waals surface area (Å²) in [6.07, 6.45) is 1.87. The van der Waals surface area contributed by atoms with E-state index in [1.165, 1.54) is 0 Å². The van der Waals surface area contributed by atoms with E-state index >= 15 is 0 Å². The van der Waals surface area contributed by atoms with Crippen LogP contribution in [0.5, 0.6) is 0 Å². The lowest BCUT2D eigenvalue weighted by atomic mass is 9.97. The van der Waals surface area contributed by atoms with Crippen molar-refractivity contribution in [3.63, 3.8) is 0 Å². The molecule has 2 saturated heterocycles. The quantitative estimate of drug-likeness (QED) is 0.672. The molecule has 0 radical (unpaired) electrons. The van der Waals surface area contributed by atoms with Crippen LogP contribution in [0.4, 0.5) is 0 Å². The maximum absolute atomic E-state index is 11.9. The highest BCUT2D eigenvalue weighted by atomic mass is 16.5. The largest absolute Gasteiger partial charge is 0.464 e. The van der Waals surface area contributed by atoms with Gasteiger partial charge in [0.05, 0.1) is 19.1 Å². The van der Waals surface area contributed by atoms with Crippen LogP contribution in [0.15, 0.2) is 0 Å². The number of morpholine rings is 1. The Balaban J connectivity index is 1.59. The Hall–Kier alpha value is -0.650. The van der Waals surface area contributed by atoms with Gasteiger partial charge in [-0.1, -0.05) is 0 Å². The Morgan fingerprint density at radius 2 is 1.89 bits per heavy atom. The molecule has 0 bridgehead atoms. The van der Waals surface area contributed by atoms with Crippen molar-refractivity contribution >= 4 is 5.97 Å². The summed E-state index contributed by atoms with van der Waals surface area (Å²) in [7, 11) is 2.10. The highest BCUT2D eigenvalue weighted by Crippen LogP contribution is 2.17. The summed E-state index contributed by atoms with van der Waals surface area (Å²) in [6.45, 7) is 6.85. The lowest BCUT2D eigenvalue weighted by molar-refractivity contribution is -0.150. The highest BCUT2D eigenvalue weighted by Gasteiger charge is 2.24. The van der Waals surface area contributed by atoms with Crippen molar-refractivity contribution in [2.24, 2.45) is 5.92 Å². The minimum atomic E-state index is -0.00337. The predicted molar refractivity (Wildman–Crippen MR) is 68.4 cm³/mol. The Labute approximate surface area is 109 Å². The van der Waals surface area contributed by atoms with Crippen molar-refractivity contribution in [2.45, 2.75) is 12.8 Å². The first-order chi connectivity index (χ1) is 8.75. The molecule has 0 atom stereocenters. The Kier molecular flexibility index (Phi) is 5.41. The zero-order valence-corrected chi connectivity index (χ0v) is 11.3. The van der Waals surface area contributed by atoms with Crippen LogP contribution in [0.1, 0.15) is 12.8 Å². The molecule has 5 nitrogen and oxygen atoms in total. The zero-order chi connectivity index (χ0) is 12.8. The first-order valence-corrected chi connectivity index (χ1v) is 6.91. The monoisotopic (exact) mass is 256 g/mol. The summed E-state index contributed by atoms with van der Waals surface area (Å²) in [4.78, 5) is 16.4. The average molecular weight is 256 g/mol. The van der Waals surface area contributed by atoms with Crippen LogP contribution in [0, 0.1) is 5.92 Å². The molecule has 104 valence electrons. The third kappa shape index (κ3) is 4.23. The van der Waals surface area contributed by atoms with Crippen LogP contribution in [-0.2, 0) is 14.3 Å². The number of likely N-dealkylation sites (tertiary alicyclic amines) is 1. The summed E-state index contributed by atoms with van der Waals surface area (Å²) >= 11 is 0. The van der Waals surface area contributed by atoms with Gasteiger partial charge in [0.25, 0.3) is 0 Å². The molecule has 0 saturated carbocycles. The van der Waals surface area contributed by atoms with E-state index in [1.54, 1.807) is 0 Å². The van der Waals surface area contributed by atoms with E-state index in [9.17, 15) is 4.79 Å². The predicted octanol–water partition coefficient (Wildman–Crippen LogP) is 0.204. The number of esters is 1. The summed E-state index contributed by atoms with van der Waals surface area (Å²) in [5.74, 6) is 0.113. The molecule has 0 N–H and O–H groups in total. The van der Waals surface area contributed by atoms with Crippen LogP contribution in [-0.4, -0.2) is 75.4 Å². The fraction of sp³-hybridized carbons (Fsp3) is 0.923. The second kappa shape index (κ2) is 7.07. The Bertz CT molecular complexity index is 259. The van der Waals surface area contributed by atoms with E-state index < -0.39 is 0 Å². The van der Waals surface area contributed by atoms with Crippen molar-refractivity contribution in [1.29, 1.82) is 0 Å². The molecule has 0 aromatic rings. The molecule has 0 aromatic heterocycles. The van der Waals surface area contributed by atoms with Gasteiger partial charge in [0.15, 0.2) is 0 Å². The molecule has 18 heavy (non-hydrogen) atoms. The van der Waals surface area contributed by atoms with Gasteiger partial charge >= 0.3 is 5.97 Å². The number of piperidine rings is 1. The second-order valence-electron chi connectivity index (χ2n) is 5.20. The Morgan fingerprint density at radius 3 is 2.56 bits per heavy atom. The molecule has 0 unspecified atom stereocenters. The van der Waals surface area contributed by atoms with Crippen molar-refractivity contribution < 1.29 is 14.3 Å².